The van der Waals surface area contributed by atoms with Crippen molar-refractivity contribution in [3.05, 3.63) is 59.9 Å². The lowest BCUT2D eigenvalue weighted by Crippen LogP contribution is -2.32. The highest BCUT2D eigenvalue weighted by atomic mass is 32.2. The van der Waals surface area contributed by atoms with Crippen LogP contribution in [0.1, 0.15) is 17.3 Å². The van der Waals surface area contributed by atoms with E-state index >= 15 is 0 Å². The Labute approximate surface area is 138 Å². The van der Waals surface area contributed by atoms with Gasteiger partial charge < -0.3 is 5.32 Å². The van der Waals surface area contributed by atoms with Crippen LogP contribution < -0.4 is 10.0 Å². The standard InChI is InChI=1S/C16H15FN2O4S/c1-11(20)12-3-2-4-14(9-12)19-16(21)10-18-24(22,23)15-7-5-13(17)6-8-15/h2-9,18H,10H2,1H3,(H,19,21). The molecule has 2 rings (SSSR count). The lowest BCUT2D eigenvalue weighted by molar-refractivity contribution is -0.115. The number of amides is 1. The molecule has 0 bridgehead atoms. The Hall–Kier alpha value is -2.58. The fourth-order valence-corrected chi connectivity index (χ4v) is 2.86. The Morgan fingerprint density at radius 3 is 2.38 bits per heavy atom. The molecule has 0 atom stereocenters. The molecule has 0 aromatic heterocycles. The summed E-state index contributed by atoms with van der Waals surface area (Å²) in [4.78, 5) is 23.0. The Bertz CT molecular complexity index is 864. The van der Waals surface area contributed by atoms with Gasteiger partial charge in [-0.3, -0.25) is 9.59 Å². The summed E-state index contributed by atoms with van der Waals surface area (Å²) in [5.74, 6) is -1.30. The van der Waals surface area contributed by atoms with E-state index in [4.69, 9.17) is 0 Å². The van der Waals surface area contributed by atoms with Gasteiger partial charge >= 0.3 is 0 Å². The number of benzene rings is 2. The van der Waals surface area contributed by atoms with Crippen LogP contribution in [0.4, 0.5) is 10.1 Å². The third-order valence-electron chi connectivity index (χ3n) is 3.10. The summed E-state index contributed by atoms with van der Waals surface area (Å²) in [5.41, 5.74) is 0.813. The lowest BCUT2D eigenvalue weighted by atomic mass is 10.1. The van der Waals surface area contributed by atoms with E-state index in [2.05, 4.69) is 10.0 Å². The van der Waals surface area contributed by atoms with Crippen molar-refractivity contribution in [2.45, 2.75) is 11.8 Å². The van der Waals surface area contributed by atoms with Crippen molar-refractivity contribution >= 4 is 27.4 Å². The molecule has 24 heavy (non-hydrogen) atoms. The van der Waals surface area contributed by atoms with E-state index in [0.29, 0.717) is 11.3 Å². The summed E-state index contributed by atoms with van der Waals surface area (Å²) in [6, 6.07) is 10.5. The van der Waals surface area contributed by atoms with Crippen molar-refractivity contribution < 1.29 is 22.4 Å². The highest BCUT2D eigenvalue weighted by Gasteiger charge is 2.15. The molecule has 0 saturated carbocycles. The Kier molecular flexibility index (Phi) is 5.42. The lowest BCUT2D eigenvalue weighted by Gasteiger charge is -2.08. The maximum atomic E-state index is 12.8. The van der Waals surface area contributed by atoms with Crippen LogP contribution in [0.5, 0.6) is 0 Å². The second-order valence-corrected chi connectivity index (χ2v) is 6.73. The monoisotopic (exact) mass is 350 g/mol. The van der Waals surface area contributed by atoms with Gasteiger partial charge in [-0.25, -0.2) is 17.5 Å². The number of nitrogens with one attached hydrogen (secondary N) is 2. The summed E-state index contributed by atoms with van der Waals surface area (Å²) in [5, 5.41) is 2.49. The van der Waals surface area contributed by atoms with Crippen LogP contribution in [0.25, 0.3) is 0 Å². The largest absolute Gasteiger partial charge is 0.325 e. The minimum atomic E-state index is -3.92. The molecule has 1 amide bonds. The third-order valence-corrected chi connectivity index (χ3v) is 4.52. The Morgan fingerprint density at radius 2 is 1.75 bits per heavy atom. The molecule has 8 heteroatoms. The molecule has 0 aliphatic rings. The van der Waals surface area contributed by atoms with Gasteiger partial charge in [-0.1, -0.05) is 12.1 Å². The molecule has 2 aromatic carbocycles. The van der Waals surface area contributed by atoms with E-state index < -0.39 is 28.3 Å². The average Bonchev–Trinajstić information content (AvgIpc) is 2.54. The van der Waals surface area contributed by atoms with Crippen molar-refractivity contribution in [3.63, 3.8) is 0 Å². The number of Topliss-reactive ketones (excluding diaryl/α,β-unsaturated/α-hetero) is 1. The molecule has 0 unspecified atom stereocenters. The first-order valence-electron chi connectivity index (χ1n) is 6.94. The summed E-state index contributed by atoms with van der Waals surface area (Å²) >= 11 is 0. The van der Waals surface area contributed by atoms with Gasteiger partial charge in [-0.05, 0) is 43.3 Å². The van der Waals surface area contributed by atoms with Crippen LogP contribution in [0.2, 0.25) is 0 Å². The molecule has 0 aliphatic heterocycles. The first-order valence-corrected chi connectivity index (χ1v) is 8.42. The smallest absolute Gasteiger partial charge is 0.241 e. The predicted octanol–water partition coefficient (Wildman–Crippen LogP) is 1.95. The SMILES string of the molecule is CC(=O)c1cccc(NC(=O)CNS(=O)(=O)c2ccc(F)cc2)c1. The number of carbonyl (C=O) groups is 2. The third kappa shape index (κ3) is 4.71. The van der Waals surface area contributed by atoms with E-state index in [1.165, 1.54) is 13.0 Å². The number of carbonyl (C=O) groups excluding carboxylic acids is 2. The number of ketones is 1. The fraction of sp³-hybridized carbons (Fsp3) is 0.125. The van der Waals surface area contributed by atoms with Crippen LogP contribution in [-0.4, -0.2) is 26.7 Å². The molecule has 2 N–H and O–H groups in total. The number of hydrogen-bond acceptors (Lipinski definition) is 4. The zero-order valence-corrected chi connectivity index (χ0v) is 13.6. The summed E-state index contributed by atoms with van der Waals surface area (Å²) in [6.45, 7) is 0.905. The molecular formula is C16H15FN2O4S. The van der Waals surface area contributed by atoms with Crippen LogP contribution in [0.3, 0.4) is 0 Å². The topological polar surface area (TPSA) is 92.3 Å². The summed E-state index contributed by atoms with van der Waals surface area (Å²) in [6.07, 6.45) is 0. The number of anilines is 1. The second kappa shape index (κ2) is 7.33. The number of rotatable bonds is 6. The predicted molar refractivity (Wildman–Crippen MR) is 86.7 cm³/mol. The first-order chi connectivity index (χ1) is 11.3. The van der Waals surface area contributed by atoms with Crippen molar-refractivity contribution in [1.29, 1.82) is 0 Å². The quantitative estimate of drug-likeness (QED) is 0.779. The minimum Gasteiger partial charge on any atom is -0.325 e. The van der Waals surface area contributed by atoms with Crippen molar-refractivity contribution in [1.82, 2.24) is 4.72 Å². The van der Waals surface area contributed by atoms with Crippen LogP contribution in [-0.2, 0) is 14.8 Å². The summed E-state index contributed by atoms with van der Waals surface area (Å²) < 4.78 is 38.9. The first kappa shape index (κ1) is 17.8. The Balaban J connectivity index is 1.99. The molecule has 0 aliphatic carbocycles. The van der Waals surface area contributed by atoms with Gasteiger partial charge in [-0.2, -0.15) is 0 Å². The highest BCUT2D eigenvalue weighted by molar-refractivity contribution is 7.89. The molecule has 0 spiro atoms. The zero-order valence-electron chi connectivity index (χ0n) is 12.7. The fourth-order valence-electron chi connectivity index (χ4n) is 1.88. The molecule has 2 aromatic rings. The van der Waals surface area contributed by atoms with Crippen molar-refractivity contribution in [2.75, 3.05) is 11.9 Å². The van der Waals surface area contributed by atoms with Gasteiger partial charge in [0.1, 0.15) is 5.82 Å². The molecule has 6 nitrogen and oxygen atoms in total. The molecule has 126 valence electrons. The van der Waals surface area contributed by atoms with E-state index in [-0.39, 0.29) is 10.7 Å². The van der Waals surface area contributed by atoms with Crippen molar-refractivity contribution in [2.24, 2.45) is 0 Å². The minimum absolute atomic E-state index is 0.143. The number of hydrogen-bond donors (Lipinski definition) is 2. The Morgan fingerprint density at radius 1 is 1.08 bits per heavy atom. The molecule has 0 saturated heterocycles. The average molecular weight is 350 g/mol. The van der Waals surface area contributed by atoms with Gasteiger partial charge in [0.15, 0.2) is 5.78 Å². The maximum Gasteiger partial charge on any atom is 0.241 e. The molecular weight excluding hydrogens is 335 g/mol. The zero-order chi connectivity index (χ0) is 17.7. The van der Waals surface area contributed by atoms with Gasteiger partial charge in [0.2, 0.25) is 15.9 Å². The van der Waals surface area contributed by atoms with Crippen molar-refractivity contribution in [3.8, 4) is 0 Å². The van der Waals surface area contributed by atoms with E-state index in [1.807, 2.05) is 0 Å². The van der Waals surface area contributed by atoms with Gasteiger partial charge in [0.25, 0.3) is 0 Å². The molecule has 0 radical (unpaired) electrons. The van der Waals surface area contributed by atoms with E-state index in [0.717, 1.165) is 24.3 Å². The normalized spacial score (nSPS) is 11.1. The van der Waals surface area contributed by atoms with Crippen LogP contribution in [0, 0.1) is 5.82 Å². The van der Waals surface area contributed by atoms with Crippen LogP contribution in [0.15, 0.2) is 53.4 Å². The van der Waals surface area contributed by atoms with Gasteiger partial charge in [-0.15, -0.1) is 0 Å². The van der Waals surface area contributed by atoms with E-state index in [1.54, 1.807) is 18.2 Å². The highest BCUT2D eigenvalue weighted by Crippen LogP contribution is 2.12. The van der Waals surface area contributed by atoms with Crippen LogP contribution >= 0.6 is 0 Å². The molecule has 0 heterocycles. The maximum absolute atomic E-state index is 12.8. The number of halogens is 1. The summed E-state index contributed by atoms with van der Waals surface area (Å²) in [7, 11) is -3.92. The van der Waals surface area contributed by atoms with E-state index in [9.17, 15) is 22.4 Å². The van der Waals surface area contributed by atoms with Gasteiger partial charge in [0, 0.05) is 11.3 Å². The second-order valence-electron chi connectivity index (χ2n) is 4.96. The molecule has 0 fully saturated rings. The number of sulfonamides is 1. The van der Waals surface area contributed by atoms with Gasteiger partial charge in [0.05, 0.1) is 11.4 Å².